The van der Waals surface area contributed by atoms with Crippen LogP contribution >= 0.6 is 0 Å². The second-order valence-corrected chi connectivity index (χ2v) is 5.85. The summed E-state index contributed by atoms with van der Waals surface area (Å²) in [5.74, 6) is 0.516. The van der Waals surface area contributed by atoms with Gasteiger partial charge in [0.1, 0.15) is 5.75 Å². The van der Waals surface area contributed by atoms with E-state index in [-0.39, 0.29) is 11.2 Å². The second-order valence-electron chi connectivity index (χ2n) is 5.85. The van der Waals surface area contributed by atoms with Crippen LogP contribution < -0.4 is 5.73 Å². The maximum atomic E-state index is 9.91. The van der Waals surface area contributed by atoms with Crippen molar-refractivity contribution in [3.8, 4) is 5.75 Å². The molecule has 0 aliphatic rings. The van der Waals surface area contributed by atoms with Crippen molar-refractivity contribution in [2.45, 2.75) is 33.1 Å². The lowest BCUT2D eigenvalue weighted by atomic mass is 9.86. The molecule has 0 unspecified atom stereocenters. The van der Waals surface area contributed by atoms with Gasteiger partial charge in [-0.2, -0.15) is 5.10 Å². The van der Waals surface area contributed by atoms with Crippen LogP contribution in [-0.2, 0) is 5.41 Å². The van der Waals surface area contributed by atoms with Crippen LogP contribution in [0.25, 0.3) is 0 Å². The third kappa shape index (κ3) is 2.99. The van der Waals surface area contributed by atoms with Crippen molar-refractivity contribution in [1.82, 2.24) is 9.66 Å². The molecule has 3 N–H and O–H groups in total. The van der Waals surface area contributed by atoms with Gasteiger partial charge in [-0.15, -0.1) is 0 Å². The van der Waals surface area contributed by atoms with E-state index in [1.165, 1.54) is 4.68 Å². The van der Waals surface area contributed by atoms with Gasteiger partial charge in [0.2, 0.25) is 5.95 Å². The van der Waals surface area contributed by atoms with Gasteiger partial charge in [0.05, 0.1) is 18.1 Å². The van der Waals surface area contributed by atoms with Gasteiger partial charge in [-0.05, 0) is 30.0 Å². The zero-order valence-corrected chi connectivity index (χ0v) is 12.3. The van der Waals surface area contributed by atoms with Gasteiger partial charge in [-0.1, -0.05) is 26.8 Å². The van der Waals surface area contributed by atoms with Crippen LogP contribution in [0.15, 0.2) is 29.5 Å². The Kier molecular flexibility index (Phi) is 3.53. The zero-order chi connectivity index (χ0) is 14.9. The molecule has 0 aliphatic heterocycles. The van der Waals surface area contributed by atoms with Crippen molar-refractivity contribution in [1.29, 1.82) is 0 Å². The maximum Gasteiger partial charge on any atom is 0.221 e. The summed E-state index contributed by atoms with van der Waals surface area (Å²) >= 11 is 0. The average molecular weight is 272 g/mol. The summed E-state index contributed by atoms with van der Waals surface area (Å²) in [7, 11) is 0. The van der Waals surface area contributed by atoms with Crippen LogP contribution in [0.5, 0.6) is 5.75 Å². The highest BCUT2D eigenvalue weighted by Gasteiger charge is 2.14. The summed E-state index contributed by atoms with van der Waals surface area (Å²) in [6.45, 7) is 8.21. The van der Waals surface area contributed by atoms with E-state index in [1.807, 2.05) is 19.1 Å². The molecule has 0 saturated carbocycles. The van der Waals surface area contributed by atoms with E-state index in [2.05, 4.69) is 30.9 Å². The smallest absolute Gasteiger partial charge is 0.221 e. The summed E-state index contributed by atoms with van der Waals surface area (Å²) in [5, 5.41) is 14.1. The predicted octanol–water partition coefficient (Wildman–Crippen LogP) is 2.66. The number of aromatic nitrogens is 2. The monoisotopic (exact) mass is 272 g/mol. The van der Waals surface area contributed by atoms with Crippen LogP contribution in [-0.4, -0.2) is 21.0 Å². The predicted molar refractivity (Wildman–Crippen MR) is 81.2 cm³/mol. The molecule has 1 aromatic carbocycles. The SMILES string of the molecule is Cc1cn(N=Cc2cc(C(C)(C)C)ccc2O)c(N)n1. The van der Waals surface area contributed by atoms with Gasteiger partial charge in [0.15, 0.2) is 0 Å². The van der Waals surface area contributed by atoms with E-state index in [1.54, 1.807) is 18.5 Å². The molecule has 106 valence electrons. The first-order chi connectivity index (χ1) is 9.27. The second kappa shape index (κ2) is 5.00. The van der Waals surface area contributed by atoms with Crippen LogP contribution in [0.1, 0.15) is 37.6 Å². The fourth-order valence-electron chi connectivity index (χ4n) is 1.85. The number of rotatable bonds is 2. The number of phenolic OH excluding ortho intramolecular Hbond substituents is 1. The lowest BCUT2D eigenvalue weighted by molar-refractivity contribution is 0.473. The van der Waals surface area contributed by atoms with Gasteiger partial charge >= 0.3 is 0 Å². The molecule has 1 heterocycles. The highest BCUT2D eigenvalue weighted by Crippen LogP contribution is 2.26. The average Bonchev–Trinajstić information content (AvgIpc) is 2.65. The first kappa shape index (κ1) is 14.1. The van der Waals surface area contributed by atoms with Crippen molar-refractivity contribution in [3.63, 3.8) is 0 Å². The molecule has 0 radical (unpaired) electrons. The van der Waals surface area contributed by atoms with E-state index in [9.17, 15) is 5.11 Å². The molecule has 0 atom stereocenters. The first-order valence-electron chi connectivity index (χ1n) is 6.46. The number of phenols is 1. The molecular weight excluding hydrogens is 252 g/mol. The van der Waals surface area contributed by atoms with Crippen molar-refractivity contribution < 1.29 is 5.11 Å². The Bertz CT molecular complexity index is 650. The van der Waals surface area contributed by atoms with Crippen molar-refractivity contribution in [2.24, 2.45) is 5.10 Å². The minimum Gasteiger partial charge on any atom is -0.507 e. The normalized spacial score (nSPS) is 12.2. The number of benzene rings is 1. The van der Waals surface area contributed by atoms with E-state index < -0.39 is 0 Å². The largest absolute Gasteiger partial charge is 0.507 e. The summed E-state index contributed by atoms with van der Waals surface area (Å²) < 4.78 is 1.48. The first-order valence-corrected chi connectivity index (χ1v) is 6.46. The number of imidazole rings is 1. The molecule has 5 heteroatoms. The molecule has 2 rings (SSSR count). The Hall–Kier alpha value is -2.30. The van der Waals surface area contributed by atoms with Crippen LogP contribution in [0.3, 0.4) is 0 Å². The number of nitrogen functional groups attached to an aromatic ring is 1. The van der Waals surface area contributed by atoms with Crippen molar-refractivity contribution in [2.75, 3.05) is 5.73 Å². The molecule has 20 heavy (non-hydrogen) atoms. The molecule has 0 bridgehead atoms. The number of hydrogen-bond donors (Lipinski definition) is 2. The third-order valence-electron chi connectivity index (χ3n) is 3.05. The minimum atomic E-state index is 0.0148. The highest BCUT2D eigenvalue weighted by molar-refractivity contribution is 5.83. The quantitative estimate of drug-likeness (QED) is 0.825. The lowest BCUT2D eigenvalue weighted by Crippen LogP contribution is -2.11. The molecule has 0 amide bonds. The number of anilines is 1. The number of nitrogens with two attached hydrogens (primary N) is 1. The van der Waals surface area contributed by atoms with Crippen LogP contribution in [0.2, 0.25) is 0 Å². The van der Waals surface area contributed by atoms with E-state index in [0.717, 1.165) is 11.3 Å². The van der Waals surface area contributed by atoms with Crippen LogP contribution in [0.4, 0.5) is 5.95 Å². The summed E-state index contributed by atoms with van der Waals surface area (Å²) in [5.41, 5.74) is 8.32. The van der Waals surface area contributed by atoms with E-state index >= 15 is 0 Å². The van der Waals surface area contributed by atoms with E-state index in [4.69, 9.17) is 5.73 Å². The van der Waals surface area contributed by atoms with E-state index in [0.29, 0.717) is 11.5 Å². The highest BCUT2D eigenvalue weighted by atomic mass is 16.3. The number of aryl methyl sites for hydroxylation is 1. The van der Waals surface area contributed by atoms with Gasteiger partial charge in [0, 0.05) is 5.56 Å². The summed E-state index contributed by atoms with van der Waals surface area (Å²) in [6, 6.07) is 5.53. The number of hydrogen-bond acceptors (Lipinski definition) is 4. The Morgan fingerprint density at radius 3 is 2.60 bits per heavy atom. The third-order valence-corrected chi connectivity index (χ3v) is 3.05. The van der Waals surface area contributed by atoms with Gasteiger partial charge in [-0.3, -0.25) is 0 Å². The minimum absolute atomic E-state index is 0.0148. The summed E-state index contributed by atoms with van der Waals surface area (Å²) in [4.78, 5) is 4.07. The molecule has 2 aromatic rings. The Labute approximate surface area is 118 Å². The molecule has 0 fully saturated rings. The Morgan fingerprint density at radius 2 is 2.05 bits per heavy atom. The zero-order valence-electron chi connectivity index (χ0n) is 12.3. The van der Waals surface area contributed by atoms with Gasteiger partial charge < -0.3 is 10.8 Å². The Morgan fingerprint density at radius 1 is 1.35 bits per heavy atom. The maximum absolute atomic E-state index is 9.91. The van der Waals surface area contributed by atoms with Crippen LogP contribution in [0, 0.1) is 6.92 Å². The fourth-order valence-corrected chi connectivity index (χ4v) is 1.85. The van der Waals surface area contributed by atoms with Crippen molar-refractivity contribution >= 4 is 12.2 Å². The number of nitrogens with zero attached hydrogens (tertiary/aromatic N) is 3. The summed E-state index contributed by atoms with van der Waals surface area (Å²) in [6.07, 6.45) is 3.32. The number of aromatic hydroxyl groups is 1. The molecule has 0 saturated heterocycles. The van der Waals surface area contributed by atoms with Gasteiger partial charge in [0.25, 0.3) is 0 Å². The molecule has 5 nitrogen and oxygen atoms in total. The standard InChI is InChI=1S/C15H20N4O/c1-10-9-19(14(16)18-10)17-8-11-7-12(15(2,3)4)5-6-13(11)20/h5-9,20H,1-4H3,(H2,16,18). The fraction of sp³-hybridized carbons (Fsp3) is 0.333. The molecular formula is C15H20N4O. The molecule has 0 aliphatic carbocycles. The molecule has 1 aromatic heterocycles. The topological polar surface area (TPSA) is 76.4 Å². The molecule has 0 spiro atoms. The van der Waals surface area contributed by atoms with Crippen molar-refractivity contribution in [3.05, 3.63) is 41.2 Å². The lowest BCUT2D eigenvalue weighted by Gasteiger charge is -2.19. The van der Waals surface area contributed by atoms with Gasteiger partial charge in [-0.25, -0.2) is 9.66 Å². The Balaban J connectivity index is 2.36.